The predicted octanol–water partition coefficient (Wildman–Crippen LogP) is 3.94. The molecule has 3 aromatic rings. The lowest BCUT2D eigenvalue weighted by atomic mass is 9.88. The molecule has 2 aromatic heterocycles. The maximum Gasteiger partial charge on any atom is 0.270 e. The highest BCUT2D eigenvalue weighted by atomic mass is 32.1. The molecule has 8 nitrogen and oxygen atoms in total. The van der Waals surface area contributed by atoms with E-state index in [0.29, 0.717) is 23.8 Å². The lowest BCUT2D eigenvalue weighted by Gasteiger charge is -2.31. The minimum Gasteiger partial charge on any atom is -0.328 e. The highest BCUT2D eigenvalue weighted by Gasteiger charge is 2.37. The second kappa shape index (κ2) is 6.38. The Morgan fingerprint density at radius 2 is 2.14 bits per heavy atom. The summed E-state index contributed by atoms with van der Waals surface area (Å²) in [7, 11) is 0. The zero-order chi connectivity index (χ0) is 19.3. The Hall–Kier alpha value is -3.33. The third-order valence-electron chi connectivity index (χ3n) is 5.00. The third kappa shape index (κ3) is 2.63. The highest BCUT2D eigenvalue weighted by Crippen LogP contribution is 2.41. The smallest absolute Gasteiger partial charge is 0.270 e. The minimum atomic E-state index is -0.439. The van der Waals surface area contributed by atoms with E-state index in [4.69, 9.17) is 0 Å². The second-order valence-electron chi connectivity index (χ2n) is 6.72. The van der Waals surface area contributed by atoms with Gasteiger partial charge >= 0.3 is 0 Å². The van der Waals surface area contributed by atoms with E-state index in [1.165, 1.54) is 12.1 Å². The number of ketones is 1. The average Bonchev–Trinajstić information content (AvgIpc) is 3.36. The van der Waals surface area contributed by atoms with Crippen molar-refractivity contribution in [3.63, 3.8) is 0 Å². The molecular formula is C19H15N5O3S. The largest absolute Gasteiger partial charge is 0.328 e. The molecule has 1 unspecified atom stereocenters. The molecule has 0 fully saturated rings. The van der Waals surface area contributed by atoms with Gasteiger partial charge in [0, 0.05) is 40.3 Å². The number of Topliss-reactive ketones (excluding diaryl/α,β-unsaturated/α-hetero) is 1. The Labute approximate surface area is 163 Å². The maximum atomic E-state index is 12.7. The van der Waals surface area contributed by atoms with Gasteiger partial charge in [0.1, 0.15) is 6.04 Å². The molecule has 1 atom stereocenters. The van der Waals surface area contributed by atoms with Gasteiger partial charge in [-0.15, -0.1) is 16.4 Å². The molecule has 1 aromatic carbocycles. The molecule has 0 amide bonds. The van der Waals surface area contributed by atoms with Crippen LogP contribution in [0.4, 0.5) is 11.6 Å². The van der Waals surface area contributed by atoms with Gasteiger partial charge in [0.25, 0.3) is 5.69 Å². The summed E-state index contributed by atoms with van der Waals surface area (Å²) in [6.07, 6.45) is 2.14. The van der Waals surface area contributed by atoms with Crippen LogP contribution in [0.15, 0.2) is 53.0 Å². The molecule has 9 heteroatoms. The van der Waals surface area contributed by atoms with E-state index in [2.05, 4.69) is 15.4 Å². The number of hydrogen-bond donors (Lipinski definition) is 1. The molecule has 0 saturated heterocycles. The van der Waals surface area contributed by atoms with Crippen molar-refractivity contribution in [1.82, 2.24) is 14.8 Å². The minimum absolute atomic E-state index is 0.0133. The zero-order valence-electron chi connectivity index (χ0n) is 14.7. The summed E-state index contributed by atoms with van der Waals surface area (Å²) in [5, 5.41) is 21.0. The first-order valence-corrected chi connectivity index (χ1v) is 9.78. The average molecular weight is 393 g/mol. The summed E-state index contributed by atoms with van der Waals surface area (Å²) in [5.41, 5.74) is 2.20. The van der Waals surface area contributed by atoms with Crippen molar-refractivity contribution in [2.24, 2.45) is 0 Å². The molecule has 0 spiro atoms. The number of hydrogen-bond acceptors (Lipinski definition) is 7. The van der Waals surface area contributed by atoms with E-state index in [-0.39, 0.29) is 17.5 Å². The number of carbonyl (C=O) groups excluding carboxylic acids is 1. The Kier molecular flexibility index (Phi) is 3.83. The SMILES string of the molecule is O=C1CCCC2=C1C(c1cccs1)n1nc(-c3cccc([N+](=O)[O-])c3)nc1N2. The van der Waals surface area contributed by atoms with Crippen LogP contribution in [-0.2, 0) is 4.79 Å². The molecule has 5 rings (SSSR count). The van der Waals surface area contributed by atoms with E-state index < -0.39 is 4.92 Å². The van der Waals surface area contributed by atoms with E-state index in [0.717, 1.165) is 29.0 Å². The topological polar surface area (TPSA) is 103 Å². The van der Waals surface area contributed by atoms with Gasteiger partial charge in [0.2, 0.25) is 5.95 Å². The number of aromatic nitrogens is 3. The molecule has 1 N–H and O–H groups in total. The summed E-state index contributed by atoms with van der Waals surface area (Å²) in [5.74, 6) is 1.07. The van der Waals surface area contributed by atoms with Crippen LogP contribution >= 0.6 is 11.3 Å². The van der Waals surface area contributed by atoms with Crippen LogP contribution in [0.3, 0.4) is 0 Å². The van der Waals surface area contributed by atoms with Gasteiger partial charge in [-0.3, -0.25) is 14.9 Å². The standard InChI is InChI=1S/C19H15N5O3S/c25-14-7-2-6-13-16(14)17(15-8-3-9-28-15)23-19(20-13)21-18(22-23)11-4-1-5-12(10-11)24(26)27/h1,3-5,8-10,17H,2,6-7H2,(H,20,21,22). The van der Waals surface area contributed by atoms with Crippen molar-refractivity contribution >= 4 is 28.8 Å². The zero-order valence-corrected chi connectivity index (χ0v) is 15.5. The van der Waals surface area contributed by atoms with Gasteiger partial charge in [-0.2, -0.15) is 4.98 Å². The second-order valence-corrected chi connectivity index (χ2v) is 7.70. The molecule has 1 aliphatic heterocycles. The Morgan fingerprint density at radius 1 is 1.25 bits per heavy atom. The van der Waals surface area contributed by atoms with Crippen LogP contribution in [0.1, 0.15) is 30.2 Å². The number of nitrogens with one attached hydrogen (secondary N) is 1. The van der Waals surface area contributed by atoms with Crippen LogP contribution in [0.5, 0.6) is 0 Å². The fourth-order valence-corrected chi connectivity index (χ4v) is 4.56. The summed E-state index contributed by atoms with van der Waals surface area (Å²) in [4.78, 5) is 29.0. The molecule has 0 radical (unpaired) electrons. The van der Waals surface area contributed by atoms with E-state index >= 15 is 0 Å². The number of nitrogens with zero attached hydrogens (tertiary/aromatic N) is 4. The number of nitro benzene ring substituents is 1. The van der Waals surface area contributed by atoms with Crippen LogP contribution in [0, 0.1) is 10.1 Å². The Balaban J connectivity index is 1.65. The van der Waals surface area contributed by atoms with Crippen molar-refractivity contribution in [1.29, 1.82) is 0 Å². The van der Waals surface area contributed by atoms with Gasteiger partial charge in [-0.25, -0.2) is 4.68 Å². The van der Waals surface area contributed by atoms with Crippen molar-refractivity contribution in [2.75, 3.05) is 5.32 Å². The summed E-state index contributed by atoms with van der Waals surface area (Å²) >= 11 is 1.57. The van der Waals surface area contributed by atoms with Crippen LogP contribution < -0.4 is 5.32 Å². The summed E-state index contributed by atoms with van der Waals surface area (Å²) in [6, 6.07) is 9.88. The molecular weight excluding hydrogens is 378 g/mol. The number of fused-ring (bicyclic) bond motifs is 1. The molecule has 28 heavy (non-hydrogen) atoms. The van der Waals surface area contributed by atoms with Gasteiger partial charge in [-0.1, -0.05) is 18.2 Å². The monoisotopic (exact) mass is 393 g/mol. The fourth-order valence-electron chi connectivity index (χ4n) is 3.75. The van der Waals surface area contributed by atoms with Gasteiger partial charge in [-0.05, 0) is 24.3 Å². The van der Waals surface area contributed by atoms with E-state index in [1.54, 1.807) is 28.2 Å². The third-order valence-corrected chi connectivity index (χ3v) is 5.92. The number of benzene rings is 1. The Bertz CT molecular complexity index is 1130. The first kappa shape index (κ1) is 16.8. The van der Waals surface area contributed by atoms with Crippen LogP contribution in [0.25, 0.3) is 11.4 Å². The quantitative estimate of drug-likeness (QED) is 0.534. The van der Waals surface area contributed by atoms with Crippen molar-refractivity contribution in [3.05, 3.63) is 68.0 Å². The first-order valence-electron chi connectivity index (χ1n) is 8.90. The van der Waals surface area contributed by atoms with Gasteiger partial charge in [0.15, 0.2) is 11.6 Å². The lowest BCUT2D eigenvalue weighted by molar-refractivity contribution is -0.384. The highest BCUT2D eigenvalue weighted by molar-refractivity contribution is 7.10. The molecule has 0 bridgehead atoms. The number of nitro groups is 1. The van der Waals surface area contributed by atoms with Gasteiger partial charge < -0.3 is 5.32 Å². The fraction of sp³-hybridized carbons (Fsp3) is 0.211. The molecule has 0 saturated carbocycles. The predicted molar refractivity (Wildman–Crippen MR) is 104 cm³/mol. The first-order chi connectivity index (χ1) is 13.6. The normalized spacial score (nSPS) is 18.4. The van der Waals surface area contributed by atoms with E-state index in [1.807, 2.05) is 17.5 Å². The van der Waals surface area contributed by atoms with Gasteiger partial charge in [0.05, 0.1) is 4.92 Å². The molecule has 1 aliphatic carbocycles. The lowest BCUT2D eigenvalue weighted by Crippen LogP contribution is -2.31. The number of thiophene rings is 1. The number of allylic oxidation sites excluding steroid dienone is 2. The number of anilines is 1. The molecule has 3 heterocycles. The Morgan fingerprint density at radius 3 is 2.93 bits per heavy atom. The van der Waals surface area contributed by atoms with Crippen molar-refractivity contribution in [2.45, 2.75) is 25.3 Å². The summed E-state index contributed by atoms with van der Waals surface area (Å²) in [6.45, 7) is 0. The van der Waals surface area contributed by atoms with Crippen molar-refractivity contribution in [3.8, 4) is 11.4 Å². The van der Waals surface area contributed by atoms with Crippen LogP contribution in [0.2, 0.25) is 0 Å². The molecule has 2 aliphatic rings. The number of non-ortho nitro benzene ring substituents is 1. The number of rotatable bonds is 3. The molecule has 140 valence electrons. The van der Waals surface area contributed by atoms with Crippen LogP contribution in [-0.4, -0.2) is 25.5 Å². The number of carbonyl (C=O) groups is 1. The van der Waals surface area contributed by atoms with E-state index in [9.17, 15) is 14.9 Å². The maximum absolute atomic E-state index is 12.7. The van der Waals surface area contributed by atoms with Crippen molar-refractivity contribution < 1.29 is 9.72 Å². The summed E-state index contributed by atoms with van der Waals surface area (Å²) < 4.78 is 1.72.